The minimum Gasteiger partial charge on any atom is -0.363 e. The number of nitrogens with zero attached hydrogens (tertiary/aromatic N) is 1. The van der Waals surface area contributed by atoms with Crippen molar-refractivity contribution in [1.29, 1.82) is 0 Å². The molecule has 0 aromatic carbocycles. The molecule has 0 aliphatic carbocycles. The van der Waals surface area contributed by atoms with E-state index in [0.29, 0.717) is 6.54 Å². The van der Waals surface area contributed by atoms with Crippen LogP contribution in [0, 0.1) is 0 Å². The number of carbonyl (C=O) groups excluding carboxylic acids is 1. The molecule has 6 heteroatoms. The Labute approximate surface area is 93.8 Å². The zero-order valence-electron chi connectivity index (χ0n) is 9.25. The van der Waals surface area contributed by atoms with Gasteiger partial charge in [0, 0.05) is 31.4 Å². The maximum atomic E-state index is 11.4. The van der Waals surface area contributed by atoms with Crippen LogP contribution in [0.5, 0.6) is 0 Å². The topological polar surface area (TPSA) is 79.0 Å². The third-order valence-corrected chi connectivity index (χ3v) is 2.59. The number of rotatable bonds is 5. The molecular formula is C10H16N4O2. The van der Waals surface area contributed by atoms with E-state index < -0.39 is 0 Å². The summed E-state index contributed by atoms with van der Waals surface area (Å²) >= 11 is 0. The van der Waals surface area contributed by atoms with Gasteiger partial charge in [-0.3, -0.25) is 9.89 Å². The van der Waals surface area contributed by atoms with Crippen LogP contribution in [0.15, 0.2) is 12.4 Å². The normalized spacial score (nSPS) is 17.8. The summed E-state index contributed by atoms with van der Waals surface area (Å²) in [6, 6.07) is 0. The summed E-state index contributed by atoms with van der Waals surface area (Å²) in [4.78, 5) is 11.4. The van der Waals surface area contributed by atoms with Crippen LogP contribution in [0.2, 0.25) is 0 Å². The van der Waals surface area contributed by atoms with Crippen LogP contribution in [0.4, 0.5) is 0 Å². The average Bonchev–Trinajstić information content (AvgIpc) is 2.73. The molecule has 1 aliphatic heterocycles. The van der Waals surface area contributed by atoms with E-state index in [1.165, 1.54) is 0 Å². The van der Waals surface area contributed by atoms with Crippen molar-refractivity contribution in [2.24, 2.45) is 0 Å². The Morgan fingerprint density at radius 2 is 2.50 bits per heavy atom. The molecule has 1 fully saturated rings. The summed E-state index contributed by atoms with van der Waals surface area (Å²) in [6.45, 7) is 4.20. The first-order valence-corrected chi connectivity index (χ1v) is 5.27. The summed E-state index contributed by atoms with van der Waals surface area (Å²) in [5.74, 6) is -0.102. The third kappa shape index (κ3) is 2.80. The monoisotopic (exact) mass is 224 g/mol. The van der Waals surface area contributed by atoms with Gasteiger partial charge in [0.25, 0.3) is 0 Å². The van der Waals surface area contributed by atoms with E-state index in [2.05, 4.69) is 20.8 Å². The van der Waals surface area contributed by atoms with Crippen LogP contribution in [0.3, 0.4) is 0 Å². The average molecular weight is 224 g/mol. The van der Waals surface area contributed by atoms with Crippen molar-refractivity contribution >= 4 is 5.91 Å². The number of aromatic amines is 1. The fourth-order valence-corrected chi connectivity index (χ4v) is 1.44. The van der Waals surface area contributed by atoms with Gasteiger partial charge in [0.05, 0.1) is 11.8 Å². The lowest BCUT2D eigenvalue weighted by atomic mass is 10.0. The number of ether oxygens (including phenoxy) is 1. The zero-order valence-corrected chi connectivity index (χ0v) is 9.25. The summed E-state index contributed by atoms with van der Waals surface area (Å²) in [6.07, 6.45) is 3.43. The molecule has 0 bridgehead atoms. The van der Waals surface area contributed by atoms with Crippen LogP contribution in [-0.2, 0) is 16.1 Å². The van der Waals surface area contributed by atoms with Crippen molar-refractivity contribution in [1.82, 2.24) is 20.8 Å². The second kappa shape index (κ2) is 4.63. The summed E-state index contributed by atoms with van der Waals surface area (Å²) in [5, 5.41) is 12.4. The van der Waals surface area contributed by atoms with Crippen LogP contribution in [0.1, 0.15) is 12.5 Å². The minimum atomic E-state index is -0.174. The number of hydrogen-bond donors (Lipinski definition) is 3. The van der Waals surface area contributed by atoms with Gasteiger partial charge in [-0.15, -0.1) is 0 Å². The van der Waals surface area contributed by atoms with Gasteiger partial charge in [0.1, 0.15) is 6.61 Å². The van der Waals surface area contributed by atoms with Gasteiger partial charge in [-0.25, -0.2) is 0 Å². The largest absolute Gasteiger partial charge is 0.363 e. The Bertz CT molecular complexity index is 346. The number of nitrogens with one attached hydrogen (secondary N) is 3. The number of aromatic nitrogens is 2. The summed E-state index contributed by atoms with van der Waals surface area (Å²) < 4.78 is 5.50. The molecule has 1 aromatic heterocycles. The van der Waals surface area contributed by atoms with E-state index in [4.69, 9.17) is 4.74 Å². The molecule has 1 amide bonds. The SMILES string of the molecule is CC1(OCC(=O)NCc2cn[nH]c2)CNC1. The first kappa shape index (κ1) is 11.1. The van der Waals surface area contributed by atoms with Gasteiger partial charge in [-0.1, -0.05) is 0 Å². The van der Waals surface area contributed by atoms with Crippen molar-refractivity contribution in [2.75, 3.05) is 19.7 Å². The molecule has 2 heterocycles. The molecule has 1 saturated heterocycles. The standard InChI is InChI=1S/C10H16N4O2/c1-10(6-11-7-10)16-5-9(15)12-2-8-3-13-14-4-8/h3-4,11H,2,5-7H2,1H3,(H,12,15)(H,13,14). The van der Waals surface area contributed by atoms with E-state index in [9.17, 15) is 4.79 Å². The molecule has 3 N–H and O–H groups in total. The Kier molecular flexibility index (Phi) is 3.21. The Morgan fingerprint density at radius 1 is 1.69 bits per heavy atom. The smallest absolute Gasteiger partial charge is 0.246 e. The lowest BCUT2D eigenvalue weighted by Crippen LogP contribution is -2.59. The molecule has 1 aliphatic rings. The lowest BCUT2D eigenvalue weighted by Gasteiger charge is -2.38. The summed E-state index contributed by atoms with van der Waals surface area (Å²) in [7, 11) is 0. The first-order valence-electron chi connectivity index (χ1n) is 5.27. The number of H-pyrrole nitrogens is 1. The second-order valence-electron chi connectivity index (χ2n) is 4.23. The molecule has 0 unspecified atom stereocenters. The molecule has 0 spiro atoms. The van der Waals surface area contributed by atoms with E-state index in [0.717, 1.165) is 18.7 Å². The van der Waals surface area contributed by atoms with E-state index >= 15 is 0 Å². The fourth-order valence-electron chi connectivity index (χ4n) is 1.44. The number of amides is 1. The van der Waals surface area contributed by atoms with Crippen LogP contribution in [-0.4, -0.2) is 41.4 Å². The molecule has 16 heavy (non-hydrogen) atoms. The van der Waals surface area contributed by atoms with Gasteiger partial charge in [0.15, 0.2) is 0 Å². The van der Waals surface area contributed by atoms with E-state index in [1.807, 2.05) is 6.92 Å². The predicted molar refractivity (Wildman–Crippen MR) is 57.7 cm³/mol. The zero-order chi connectivity index (χ0) is 11.4. The highest BCUT2D eigenvalue weighted by atomic mass is 16.5. The van der Waals surface area contributed by atoms with Crippen LogP contribution in [0.25, 0.3) is 0 Å². The molecule has 6 nitrogen and oxygen atoms in total. The minimum absolute atomic E-state index is 0.102. The molecular weight excluding hydrogens is 208 g/mol. The van der Waals surface area contributed by atoms with Gasteiger partial charge in [-0.05, 0) is 6.92 Å². The van der Waals surface area contributed by atoms with Crippen molar-refractivity contribution < 1.29 is 9.53 Å². The lowest BCUT2D eigenvalue weighted by molar-refractivity contribution is -0.136. The van der Waals surface area contributed by atoms with Crippen LogP contribution < -0.4 is 10.6 Å². The van der Waals surface area contributed by atoms with E-state index in [1.54, 1.807) is 12.4 Å². The molecule has 0 radical (unpaired) electrons. The molecule has 88 valence electrons. The van der Waals surface area contributed by atoms with Gasteiger partial charge in [0.2, 0.25) is 5.91 Å². The Hall–Kier alpha value is -1.40. The maximum Gasteiger partial charge on any atom is 0.246 e. The highest BCUT2D eigenvalue weighted by molar-refractivity contribution is 5.77. The highest BCUT2D eigenvalue weighted by Crippen LogP contribution is 2.14. The third-order valence-electron chi connectivity index (χ3n) is 2.59. The molecule has 0 saturated carbocycles. The predicted octanol–water partition coefficient (Wildman–Crippen LogP) is -0.596. The van der Waals surface area contributed by atoms with Crippen molar-refractivity contribution in [3.63, 3.8) is 0 Å². The molecule has 2 rings (SSSR count). The van der Waals surface area contributed by atoms with Gasteiger partial charge in [-0.2, -0.15) is 5.10 Å². The first-order chi connectivity index (χ1) is 7.68. The second-order valence-corrected chi connectivity index (χ2v) is 4.23. The van der Waals surface area contributed by atoms with Gasteiger partial charge >= 0.3 is 0 Å². The Balaban J connectivity index is 1.65. The van der Waals surface area contributed by atoms with Gasteiger partial charge < -0.3 is 15.4 Å². The number of carbonyl (C=O) groups is 1. The quantitative estimate of drug-likeness (QED) is 0.624. The Morgan fingerprint density at radius 3 is 3.06 bits per heavy atom. The molecule has 0 atom stereocenters. The van der Waals surface area contributed by atoms with Crippen molar-refractivity contribution in [3.05, 3.63) is 18.0 Å². The van der Waals surface area contributed by atoms with Crippen molar-refractivity contribution in [2.45, 2.75) is 19.1 Å². The van der Waals surface area contributed by atoms with Crippen molar-refractivity contribution in [3.8, 4) is 0 Å². The fraction of sp³-hybridized carbons (Fsp3) is 0.600. The summed E-state index contributed by atoms with van der Waals surface area (Å²) in [5.41, 5.74) is 0.775. The van der Waals surface area contributed by atoms with E-state index in [-0.39, 0.29) is 18.1 Å². The van der Waals surface area contributed by atoms with Crippen LogP contribution >= 0.6 is 0 Å². The maximum absolute atomic E-state index is 11.4. The number of hydrogen-bond acceptors (Lipinski definition) is 4. The highest BCUT2D eigenvalue weighted by Gasteiger charge is 2.32. The molecule has 1 aromatic rings.